The van der Waals surface area contributed by atoms with Crippen molar-refractivity contribution in [3.8, 4) is 0 Å². The minimum Gasteiger partial charge on any atom is -0.396 e. The molecule has 0 aliphatic heterocycles. The lowest BCUT2D eigenvalue weighted by atomic mass is 10.1. The summed E-state index contributed by atoms with van der Waals surface area (Å²) in [4.78, 5) is 11.8. The van der Waals surface area contributed by atoms with Gasteiger partial charge in [-0.2, -0.15) is 0 Å². The van der Waals surface area contributed by atoms with Crippen molar-refractivity contribution in [3.63, 3.8) is 0 Å². The standard InChI is InChI=1S/C12H20N4O2S/c1-8(5-17)9(2)14-11(18)6-19-12-15-13-7-16(12)10-3-4-10/h7-10,17H,3-6H2,1-2H3,(H,14,18). The summed E-state index contributed by atoms with van der Waals surface area (Å²) in [5.41, 5.74) is 0. The average molecular weight is 284 g/mol. The molecule has 19 heavy (non-hydrogen) atoms. The fourth-order valence-corrected chi connectivity index (χ4v) is 2.46. The van der Waals surface area contributed by atoms with Crippen molar-refractivity contribution in [2.24, 2.45) is 5.92 Å². The summed E-state index contributed by atoms with van der Waals surface area (Å²) >= 11 is 1.41. The number of nitrogens with one attached hydrogen (secondary N) is 1. The van der Waals surface area contributed by atoms with Gasteiger partial charge in [0.1, 0.15) is 6.33 Å². The number of aliphatic hydroxyl groups excluding tert-OH is 1. The van der Waals surface area contributed by atoms with E-state index in [0.29, 0.717) is 11.8 Å². The molecule has 106 valence electrons. The monoisotopic (exact) mass is 284 g/mol. The number of aliphatic hydroxyl groups is 1. The van der Waals surface area contributed by atoms with Crippen LogP contribution in [0.5, 0.6) is 0 Å². The van der Waals surface area contributed by atoms with Gasteiger partial charge < -0.3 is 15.0 Å². The van der Waals surface area contributed by atoms with Crippen LogP contribution in [-0.2, 0) is 4.79 Å². The van der Waals surface area contributed by atoms with Crippen molar-refractivity contribution < 1.29 is 9.90 Å². The molecule has 1 amide bonds. The van der Waals surface area contributed by atoms with Gasteiger partial charge in [-0.15, -0.1) is 10.2 Å². The van der Waals surface area contributed by atoms with Gasteiger partial charge in [-0.3, -0.25) is 4.79 Å². The molecule has 1 aromatic heterocycles. The molecule has 2 N–H and O–H groups in total. The number of rotatable bonds is 7. The van der Waals surface area contributed by atoms with E-state index in [-0.39, 0.29) is 24.5 Å². The number of carbonyl (C=O) groups excluding carboxylic acids is 1. The van der Waals surface area contributed by atoms with Crippen LogP contribution in [-0.4, -0.2) is 44.2 Å². The van der Waals surface area contributed by atoms with Crippen molar-refractivity contribution in [2.75, 3.05) is 12.4 Å². The third kappa shape index (κ3) is 3.94. The van der Waals surface area contributed by atoms with Crippen LogP contribution in [0.4, 0.5) is 0 Å². The highest BCUT2D eigenvalue weighted by atomic mass is 32.2. The number of carbonyl (C=O) groups is 1. The molecular weight excluding hydrogens is 264 g/mol. The highest BCUT2D eigenvalue weighted by Crippen LogP contribution is 2.37. The molecule has 2 atom stereocenters. The maximum atomic E-state index is 11.8. The minimum absolute atomic E-state index is 0.0283. The molecule has 1 aromatic rings. The lowest BCUT2D eigenvalue weighted by molar-refractivity contribution is -0.119. The Kier molecular flexibility index (Phi) is 4.81. The summed E-state index contributed by atoms with van der Waals surface area (Å²) in [6.45, 7) is 3.88. The van der Waals surface area contributed by atoms with Crippen LogP contribution >= 0.6 is 11.8 Å². The van der Waals surface area contributed by atoms with Gasteiger partial charge in [-0.1, -0.05) is 18.7 Å². The second kappa shape index (κ2) is 6.38. The van der Waals surface area contributed by atoms with E-state index in [1.807, 2.05) is 18.4 Å². The molecule has 2 unspecified atom stereocenters. The topological polar surface area (TPSA) is 80.0 Å². The number of nitrogens with zero attached hydrogens (tertiary/aromatic N) is 3. The SMILES string of the molecule is CC(CO)C(C)NC(=O)CSc1nncn1C1CC1. The highest BCUT2D eigenvalue weighted by Gasteiger charge is 2.26. The molecular formula is C12H20N4O2S. The lowest BCUT2D eigenvalue weighted by Crippen LogP contribution is -2.39. The zero-order valence-corrected chi connectivity index (χ0v) is 12.1. The van der Waals surface area contributed by atoms with Gasteiger partial charge in [0.2, 0.25) is 5.91 Å². The van der Waals surface area contributed by atoms with Crippen molar-refractivity contribution in [1.29, 1.82) is 0 Å². The minimum atomic E-state index is -0.0388. The number of thioether (sulfide) groups is 1. The molecule has 0 aromatic carbocycles. The molecule has 0 spiro atoms. The molecule has 0 radical (unpaired) electrons. The van der Waals surface area contributed by atoms with E-state index < -0.39 is 0 Å². The van der Waals surface area contributed by atoms with Crippen LogP contribution in [0.1, 0.15) is 32.7 Å². The largest absolute Gasteiger partial charge is 0.396 e. The summed E-state index contributed by atoms with van der Waals surface area (Å²) in [7, 11) is 0. The second-order valence-electron chi connectivity index (χ2n) is 5.06. The Hall–Kier alpha value is -1.08. The van der Waals surface area contributed by atoms with Crippen LogP contribution in [0, 0.1) is 5.92 Å². The van der Waals surface area contributed by atoms with Crippen molar-refractivity contribution >= 4 is 17.7 Å². The second-order valence-corrected chi connectivity index (χ2v) is 6.00. The summed E-state index contributed by atoms with van der Waals surface area (Å²) < 4.78 is 2.04. The van der Waals surface area contributed by atoms with E-state index in [1.54, 1.807) is 6.33 Å². The third-order valence-corrected chi connectivity index (χ3v) is 4.30. The lowest BCUT2D eigenvalue weighted by Gasteiger charge is -2.18. The number of hydrogen-bond acceptors (Lipinski definition) is 5. The molecule has 2 rings (SSSR count). The normalized spacial score (nSPS) is 18.1. The molecule has 1 aliphatic carbocycles. The first-order valence-corrected chi connectivity index (χ1v) is 7.53. The van der Waals surface area contributed by atoms with Crippen molar-refractivity contribution in [3.05, 3.63) is 6.33 Å². The Morgan fingerprint density at radius 2 is 2.37 bits per heavy atom. The average Bonchev–Trinajstić information content (AvgIpc) is 3.14. The van der Waals surface area contributed by atoms with E-state index in [1.165, 1.54) is 24.6 Å². The third-order valence-electron chi connectivity index (χ3n) is 3.34. The van der Waals surface area contributed by atoms with Gasteiger partial charge in [0.25, 0.3) is 0 Å². The fourth-order valence-electron chi connectivity index (χ4n) is 1.66. The number of amides is 1. The Bertz CT molecular complexity index is 433. The molecule has 0 saturated heterocycles. The smallest absolute Gasteiger partial charge is 0.230 e. The van der Waals surface area contributed by atoms with Gasteiger partial charge >= 0.3 is 0 Å². The van der Waals surface area contributed by atoms with E-state index in [4.69, 9.17) is 5.11 Å². The number of aromatic nitrogens is 3. The Morgan fingerprint density at radius 3 is 3.00 bits per heavy atom. The summed E-state index contributed by atoms with van der Waals surface area (Å²) in [5.74, 6) is 0.348. The molecule has 1 fully saturated rings. The molecule has 1 saturated carbocycles. The molecule has 6 nitrogen and oxygen atoms in total. The van der Waals surface area contributed by atoms with Crippen LogP contribution in [0.2, 0.25) is 0 Å². The first-order valence-electron chi connectivity index (χ1n) is 6.54. The van der Waals surface area contributed by atoms with E-state index in [2.05, 4.69) is 15.5 Å². The first kappa shape index (κ1) is 14.3. The van der Waals surface area contributed by atoms with E-state index in [0.717, 1.165) is 5.16 Å². The maximum absolute atomic E-state index is 11.8. The Labute approximate surface area is 117 Å². The van der Waals surface area contributed by atoms with Crippen LogP contribution < -0.4 is 5.32 Å². The van der Waals surface area contributed by atoms with Gasteiger partial charge in [0, 0.05) is 18.7 Å². The number of hydrogen-bond donors (Lipinski definition) is 2. The molecule has 7 heteroatoms. The summed E-state index contributed by atoms with van der Waals surface area (Å²) in [6, 6.07) is 0.494. The van der Waals surface area contributed by atoms with Crippen molar-refractivity contribution in [1.82, 2.24) is 20.1 Å². The highest BCUT2D eigenvalue weighted by molar-refractivity contribution is 7.99. The molecule has 1 heterocycles. The zero-order chi connectivity index (χ0) is 13.8. The predicted octanol–water partition coefficient (Wildman–Crippen LogP) is 0.838. The van der Waals surface area contributed by atoms with Crippen LogP contribution in [0.25, 0.3) is 0 Å². The van der Waals surface area contributed by atoms with Crippen LogP contribution in [0.15, 0.2) is 11.5 Å². The zero-order valence-electron chi connectivity index (χ0n) is 11.2. The first-order chi connectivity index (χ1) is 9.11. The Balaban J connectivity index is 1.78. The predicted molar refractivity (Wildman–Crippen MR) is 72.9 cm³/mol. The van der Waals surface area contributed by atoms with Gasteiger partial charge in [-0.05, 0) is 25.7 Å². The summed E-state index contributed by atoms with van der Waals surface area (Å²) in [5, 5.41) is 20.6. The maximum Gasteiger partial charge on any atom is 0.230 e. The van der Waals surface area contributed by atoms with Crippen LogP contribution in [0.3, 0.4) is 0 Å². The van der Waals surface area contributed by atoms with Gasteiger partial charge in [0.15, 0.2) is 5.16 Å². The van der Waals surface area contributed by atoms with Gasteiger partial charge in [-0.25, -0.2) is 0 Å². The quantitative estimate of drug-likeness (QED) is 0.725. The summed E-state index contributed by atoms with van der Waals surface area (Å²) in [6.07, 6.45) is 4.07. The fraction of sp³-hybridized carbons (Fsp3) is 0.750. The van der Waals surface area contributed by atoms with Crippen molar-refractivity contribution in [2.45, 2.75) is 43.9 Å². The molecule has 0 bridgehead atoms. The van der Waals surface area contributed by atoms with Gasteiger partial charge in [0.05, 0.1) is 5.75 Å². The van der Waals surface area contributed by atoms with E-state index in [9.17, 15) is 4.79 Å². The van der Waals surface area contributed by atoms with E-state index >= 15 is 0 Å². The molecule has 1 aliphatic rings. The Morgan fingerprint density at radius 1 is 1.63 bits per heavy atom.